The van der Waals surface area contributed by atoms with E-state index in [1.165, 1.54) is 44.9 Å². The molecule has 2 saturated carbocycles. The summed E-state index contributed by atoms with van der Waals surface area (Å²) in [5.41, 5.74) is 0. The third-order valence-corrected chi connectivity index (χ3v) is 4.47. The van der Waals surface area contributed by atoms with E-state index >= 15 is 0 Å². The summed E-state index contributed by atoms with van der Waals surface area (Å²) in [6.07, 6.45) is 10.7. The Kier molecular flexibility index (Phi) is 3.29. The summed E-state index contributed by atoms with van der Waals surface area (Å²) >= 11 is 2.56. The van der Waals surface area contributed by atoms with Gasteiger partial charge in [0.2, 0.25) is 0 Å². The zero-order valence-electron chi connectivity index (χ0n) is 7.47. The molecule has 2 atom stereocenters. The number of halogens is 1. The number of rotatable bonds is 2. The molecular weight excluding hydrogens is 263 g/mol. The molecule has 0 spiro atoms. The Morgan fingerprint density at radius 1 is 0.917 bits per heavy atom. The highest BCUT2D eigenvalue weighted by Gasteiger charge is 2.29. The smallest absolute Gasteiger partial charge is 0.0696 e. The molecule has 2 aliphatic carbocycles. The highest BCUT2D eigenvalue weighted by molar-refractivity contribution is 14.1. The van der Waals surface area contributed by atoms with Crippen molar-refractivity contribution in [2.24, 2.45) is 0 Å². The van der Waals surface area contributed by atoms with E-state index in [1.807, 2.05) is 0 Å². The Morgan fingerprint density at radius 2 is 1.67 bits per heavy atom. The fourth-order valence-corrected chi connectivity index (χ4v) is 3.28. The highest BCUT2D eigenvalue weighted by atomic mass is 127. The lowest BCUT2D eigenvalue weighted by molar-refractivity contribution is 0.00114. The van der Waals surface area contributed by atoms with Gasteiger partial charge in [-0.3, -0.25) is 0 Å². The van der Waals surface area contributed by atoms with E-state index in [0.29, 0.717) is 12.2 Å². The van der Waals surface area contributed by atoms with Crippen LogP contribution >= 0.6 is 22.6 Å². The van der Waals surface area contributed by atoms with Gasteiger partial charge in [0.25, 0.3) is 0 Å². The van der Waals surface area contributed by atoms with Crippen LogP contribution in [0.15, 0.2) is 0 Å². The molecular formula is C10H17IO. The monoisotopic (exact) mass is 280 g/mol. The van der Waals surface area contributed by atoms with E-state index in [9.17, 15) is 0 Å². The van der Waals surface area contributed by atoms with Gasteiger partial charge in [0.05, 0.1) is 12.2 Å². The molecule has 0 aliphatic heterocycles. The summed E-state index contributed by atoms with van der Waals surface area (Å²) in [5.74, 6) is 0. The van der Waals surface area contributed by atoms with E-state index in [2.05, 4.69) is 22.6 Å². The van der Waals surface area contributed by atoms with Crippen molar-refractivity contribution in [3.8, 4) is 0 Å². The van der Waals surface area contributed by atoms with E-state index in [0.717, 1.165) is 3.92 Å². The molecule has 2 aliphatic rings. The molecule has 0 radical (unpaired) electrons. The van der Waals surface area contributed by atoms with E-state index in [-0.39, 0.29) is 0 Å². The molecule has 12 heavy (non-hydrogen) atoms. The second kappa shape index (κ2) is 4.27. The van der Waals surface area contributed by atoms with Crippen molar-refractivity contribution in [2.45, 2.75) is 61.1 Å². The highest BCUT2D eigenvalue weighted by Crippen LogP contribution is 2.32. The molecule has 0 heterocycles. The maximum absolute atomic E-state index is 6.08. The van der Waals surface area contributed by atoms with Crippen LogP contribution in [-0.2, 0) is 4.74 Å². The first-order valence-corrected chi connectivity index (χ1v) is 6.40. The molecule has 2 unspecified atom stereocenters. The van der Waals surface area contributed by atoms with E-state index in [4.69, 9.17) is 4.74 Å². The van der Waals surface area contributed by atoms with Crippen molar-refractivity contribution < 1.29 is 4.74 Å². The Hall–Kier alpha value is 0.690. The number of hydrogen-bond acceptors (Lipinski definition) is 1. The van der Waals surface area contributed by atoms with Crippen LogP contribution in [0.25, 0.3) is 0 Å². The molecule has 2 fully saturated rings. The summed E-state index contributed by atoms with van der Waals surface area (Å²) in [7, 11) is 0. The van der Waals surface area contributed by atoms with Gasteiger partial charge in [0.1, 0.15) is 0 Å². The fourth-order valence-electron chi connectivity index (χ4n) is 2.31. The van der Waals surface area contributed by atoms with Crippen molar-refractivity contribution in [1.29, 1.82) is 0 Å². The fraction of sp³-hybridized carbons (Fsp3) is 1.00. The van der Waals surface area contributed by atoms with Gasteiger partial charge >= 0.3 is 0 Å². The maximum Gasteiger partial charge on any atom is 0.0696 e. The Labute approximate surface area is 88.4 Å². The maximum atomic E-state index is 6.08. The lowest BCUT2D eigenvalue weighted by Crippen LogP contribution is -2.23. The van der Waals surface area contributed by atoms with Crippen molar-refractivity contribution >= 4 is 22.6 Å². The molecule has 70 valence electrons. The number of hydrogen-bond donors (Lipinski definition) is 0. The molecule has 0 saturated heterocycles. The van der Waals surface area contributed by atoms with Gasteiger partial charge in [-0.25, -0.2) is 0 Å². The number of ether oxygens (including phenoxy) is 1. The van der Waals surface area contributed by atoms with Gasteiger partial charge in [-0.15, -0.1) is 0 Å². The van der Waals surface area contributed by atoms with Crippen LogP contribution < -0.4 is 0 Å². The minimum absolute atomic E-state index is 0.591. The molecule has 2 heteroatoms. The molecule has 2 rings (SSSR count). The third kappa shape index (κ3) is 2.13. The first-order valence-electron chi connectivity index (χ1n) is 5.16. The predicted molar refractivity (Wildman–Crippen MR) is 58.8 cm³/mol. The second-order valence-electron chi connectivity index (χ2n) is 4.03. The number of alkyl halides is 1. The predicted octanol–water partition coefficient (Wildman–Crippen LogP) is 3.30. The molecule has 0 aromatic heterocycles. The van der Waals surface area contributed by atoms with E-state index in [1.54, 1.807) is 0 Å². The van der Waals surface area contributed by atoms with Gasteiger partial charge < -0.3 is 4.74 Å². The Balaban J connectivity index is 1.77. The lowest BCUT2D eigenvalue weighted by Gasteiger charge is -2.20. The average molecular weight is 280 g/mol. The van der Waals surface area contributed by atoms with Crippen molar-refractivity contribution in [1.82, 2.24) is 0 Å². The summed E-state index contributed by atoms with van der Waals surface area (Å²) in [5, 5.41) is 0. The van der Waals surface area contributed by atoms with Crippen molar-refractivity contribution in [3.05, 3.63) is 0 Å². The van der Waals surface area contributed by atoms with E-state index < -0.39 is 0 Å². The Bertz CT molecular complexity index is 143. The molecule has 0 amide bonds. The standard InChI is InChI=1S/C10H17IO/c11-9-6-3-7-10(9)12-8-4-1-2-5-8/h8-10H,1-7H2. The molecule has 0 N–H and O–H groups in total. The second-order valence-corrected chi connectivity index (χ2v) is 5.63. The summed E-state index contributed by atoms with van der Waals surface area (Å²) < 4.78 is 6.87. The third-order valence-electron chi connectivity index (χ3n) is 3.04. The first-order chi connectivity index (χ1) is 5.86. The zero-order chi connectivity index (χ0) is 8.39. The normalized spacial score (nSPS) is 37.8. The molecule has 0 aromatic carbocycles. The molecule has 0 aromatic rings. The topological polar surface area (TPSA) is 9.23 Å². The van der Waals surface area contributed by atoms with Crippen molar-refractivity contribution in [3.63, 3.8) is 0 Å². The van der Waals surface area contributed by atoms with Crippen LogP contribution in [-0.4, -0.2) is 16.1 Å². The van der Waals surface area contributed by atoms with Gasteiger partial charge in [-0.2, -0.15) is 0 Å². The van der Waals surface area contributed by atoms with Gasteiger partial charge in [0.15, 0.2) is 0 Å². The van der Waals surface area contributed by atoms with Crippen molar-refractivity contribution in [2.75, 3.05) is 0 Å². The summed E-state index contributed by atoms with van der Waals surface area (Å²) in [4.78, 5) is 0. The quantitative estimate of drug-likeness (QED) is 0.557. The van der Waals surface area contributed by atoms with Gasteiger partial charge in [-0.1, -0.05) is 35.4 Å². The summed E-state index contributed by atoms with van der Waals surface area (Å²) in [6.45, 7) is 0. The Morgan fingerprint density at radius 3 is 2.25 bits per heavy atom. The van der Waals surface area contributed by atoms with Crippen LogP contribution in [0.5, 0.6) is 0 Å². The minimum atomic E-state index is 0.591. The van der Waals surface area contributed by atoms with Crippen LogP contribution in [0.2, 0.25) is 0 Å². The average Bonchev–Trinajstić information content (AvgIpc) is 2.65. The van der Waals surface area contributed by atoms with Crippen LogP contribution in [0.1, 0.15) is 44.9 Å². The van der Waals surface area contributed by atoms with Gasteiger partial charge in [-0.05, 0) is 32.1 Å². The molecule has 1 nitrogen and oxygen atoms in total. The minimum Gasteiger partial charge on any atom is -0.374 e. The van der Waals surface area contributed by atoms with Crippen LogP contribution in [0, 0.1) is 0 Å². The van der Waals surface area contributed by atoms with Gasteiger partial charge in [0, 0.05) is 3.92 Å². The van der Waals surface area contributed by atoms with Crippen LogP contribution in [0.4, 0.5) is 0 Å². The summed E-state index contributed by atoms with van der Waals surface area (Å²) in [6, 6.07) is 0. The molecule has 0 bridgehead atoms. The van der Waals surface area contributed by atoms with Crippen LogP contribution in [0.3, 0.4) is 0 Å². The lowest BCUT2D eigenvalue weighted by atomic mass is 10.2. The first kappa shape index (κ1) is 9.25. The SMILES string of the molecule is IC1CCCC1OC1CCCC1. The zero-order valence-corrected chi connectivity index (χ0v) is 9.63. The largest absolute Gasteiger partial charge is 0.374 e.